The van der Waals surface area contributed by atoms with Crippen LogP contribution in [0.3, 0.4) is 0 Å². The van der Waals surface area contributed by atoms with Crippen molar-refractivity contribution < 1.29 is 13.2 Å². The molecule has 6 nitrogen and oxygen atoms in total. The van der Waals surface area contributed by atoms with E-state index in [1.54, 1.807) is 4.90 Å². The molecule has 1 aliphatic heterocycles. The van der Waals surface area contributed by atoms with Gasteiger partial charge in [0.1, 0.15) is 5.69 Å². The van der Waals surface area contributed by atoms with Crippen LogP contribution in [0.2, 0.25) is 0 Å². The van der Waals surface area contributed by atoms with Crippen LogP contribution < -0.4 is 0 Å². The molecule has 3 rings (SSSR count). The van der Waals surface area contributed by atoms with Crippen molar-refractivity contribution in [2.45, 2.75) is 11.7 Å². The minimum Gasteiger partial charge on any atom is -0.341 e. The molecule has 0 saturated carbocycles. The number of carbonyl (C=O) groups excluding carboxylic acids is 1. The van der Waals surface area contributed by atoms with Crippen molar-refractivity contribution in [3.63, 3.8) is 0 Å². The first kappa shape index (κ1) is 14.8. The quantitative estimate of drug-likeness (QED) is 0.907. The lowest BCUT2D eigenvalue weighted by Gasteiger charge is -2.19. The molecule has 1 fully saturated rings. The zero-order valence-electron chi connectivity index (χ0n) is 12.0. The first-order chi connectivity index (χ1) is 10.6. The molecule has 116 valence electrons. The summed E-state index contributed by atoms with van der Waals surface area (Å²) in [7, 11) is -3.27. The molecular formula is C15H17N3O3S. The summed E-state index contributed by atoms with van der Waals surface area (Å²) in [5, 5.41) is -0.548. The van der Waals surface area contributed by atoms with Crippen LogP contribution in [0, 0.1) is 0 Å². The lowest BCUT2D eigenvalue weighted by atomic mass is 10.1. The molecule has 1 aromatic heterocycles. The molecule has 0 spiro atoms. The minimum absolute atomic E-state index is 0.0214. The van der Waals surface area contributed by atoms with E-state index < -0.39 is 15.1 Å². The van der Waals surface area contributed by atoms with Crippen LogP contribution in [-0.2, 0) is 9.84 Å². The SMILES string of the molecule is O=C(c1cnc[nH]1)N1CCC(c2ccccc2)S(=O)(=O)CC1. The first-order valence-corrected chi connectivity index (χ1v) is 8.83. The fraction of sp³-hybridized carbons (Fsp3) is 0.333. The van der Waals surface area contributed by atoms with Crippen LogP contribution >= 0.6 is 0 Å². The third-order valence-corrected chi connectivity index (χ3v) is 6.05. The summed E-state index contributed by atoms with van der Waals surface area (Å²) in [6, 6.07) is 9.19. The number of nitrogens with one attached hydrogen (secondary N) is 1. The summed E-state index contributed by atoms with van der Waals surface area (Å²) < 4.78 is 25.0. The van der Waals surface area contributed by atoms with Gasteiger partial charge in [-0.3, -0.25) is 4.79 Å². The lowest BCUT2D eigenvalue weighted by molar-refractivity contribution is 0.0761. The standard InChI is InChI=1S/C15H17N3O3S/c19-15(13-10-16-11-17-13)18-7-6-14(22(20,21)9-8-18)12-4-2-1-3-5-12/h1-5,10-11,14H,6-9H2,(H,16,17). The number of hydrogen-bond acceptors (Lipinski definition) is 4. The fourth-order valence-corrected chi connectivity index (χ4v) is 4.53. The number of benzene rings is 1. The van der Waals surface area contributed by atoms with E-state index in [2.05, 4.69) is 9.97 Å². The highest BCUT2D eigenvalue weighted by molar-refractivity contribution is 7.91. The number of hydrogen-bond donors (Lipinski definition) is 1. The largest absolute Gasteiger partial charge is 0.341 e. The second-order valence-electron chi connectivity index (χ2n) is 5.31. The Bertz CT molecular complexity index is 742. The molecule has 1 N–H and O–H groups in total. The van der Waals surface area contributed by atoms with Gasteiger partial charge >= 0.3 is 0 Å². The summed E-state index contributed by atoms with van der Waals surface area (Å²) in [4.78, 5) is 20.5. The van der Waals surface area contributed by atoms with E-state index in [0.717, 1.165) is 5.56 Å². The lowest BCUT2D eigenvalue weighted by Crippen LogP contribution is -2.33. The second kappa shape index (κ2) is 5.92. The van der Waals surface area contributed by atoms with Gasteiger partial charge in [0, 0.05) is 13.1 Å². The maximum atomic E-state index is 12.5. The van der Waals surface area contributed by atoms with E-state index in [4.69, 9.17) is 0 Å². The van der Waals surface area contributed by atoms with E-state index in [-0.39, 0.29) is 18.2 Å². The minimum atomic E-state index is -3.27. The molecule has 1 aromatic carbocycles. The van der Waals surface area contributed by atoms with Crippen molar-refractivity contribution in [1.82, 2.24) is 14.9 Å². The van der Waals surface area contributed by atoms with Gasteiger partial charge in [0.2, 0.25) is 0 Å². The number of rotatable bonds is 2. The van der Waals surface area contributed by atoms with Crippen molar-refractivity contribution in [3.05, 3.63) is 54.1 Å². The molecule has 0 radical (unpaired) electrons. The molecule has 1 atom stereocenters. The summed E-state index contributed by atoms with van der Waals surface area (Å²) >= 11 is 0. The Kier molecular flexibility index (Phi) is 3.98. The van der Waals surface area contributed by atoms with Gasteiger partial charge < -0.3 is 9.88 Å². The van der Waals surface area contributed by atoms with E-state index in [0.29, 0.717) is 18.7 Å². The molecule has 2 aromatic rings. The summed E-state index contributed by atoms with van der Waals surface area (Å²) in [6.45, 7) is 0.625. The van der Waals surface area contributed by atoms with Crippen molar-refractivity contribution in [3.8, 4) is 0 Å². The summed E-state index contributed by atoms with van der Waals surface area (Å²) in [6.07, 6.45) is 3.30. The maximum absolute atomic E-state index is 12.5. The average Bonchev–Trinajstić information content (AvgIpc) is 3.00. The molecule has 0 bridgehead atoms. The van der Waals surface area contributed by atoms with Crippen LogP contribution in [0.1, 0.15) is 27.7 Å². The molecule has 22 heavy (non-hydrogen) atoms. The van der Waals surface area contributed by atoms with Gasteiger partial charge in [-0.05, 0) is 12.0 Å². The Morgan fingerprint density at radius 1 is 1.23 bits per heavy atom. The number of carbonyl (C=O) groups is 1. The van der Waals surface area contributed by atoms with E-state index in [9.17, 15) is 13.2 Å². The van der Waals surface area contributed by atoms with Crippen LogP contribution in [0.25, 0.3) is 0 Å². The fourth-order valence-electron chi connectivity index (χ4n) is 2.73. The molecule has 1 saturated heterocycles. The van der Waals surface area contributed by atoms with Gasteiger partial charge in [-0.15, -0.1) is 0 Å². The number of H-pyrrole nitrogens is 1. The number of amides is 1. The van der Waals surface area contributed by atoms with Crippen LogP contribution in [0.4, 0.5) is 0 Å². The summed E-state index contributed by atoms with van der Waals surface area (Å²) in [5.74, 6) is -0.228. The maximum Gasteiger partial charge on any atom is 0.271 e. The predicted octanol–water partition coefficient (Wildman–Crippen LogP) is 1.41. The number of nitrogens with zero attached hydrogens (tertiary/aromatic N) is 2. The molecule has 0 aliphatic carbocycles. The Hall–Kier alpha value is -2.15. The highest BCUT2D eigenvalue weighted by Gasteiger charge is 2.32. The zero-order valence-corrected chi connectivity index (χ0v) is 12.8. The van der Waals surface area contributed by atoms with Crippen LogP contribution in [0.5, 0.6) is 0 Å². The molecule has 1 aliphatic rings. The second-order valence-corrected chi connectivity index (χ2v) is 7.62. The van der Waals surface area contributed by atoms with Crippen LogP contribution in [0.15, 0.2) is 42.9 Å². The van der Waals surface area contributed by atoms with E-state index >= 15 is 0 Å². The number of imidazole rings is 1. The number of aromatic nitrogens is 2. The predicted molar refractivity (Wildman–Crippen MR) is 82.1 cm³/mol. The number of aromatic amines is 1. The van der Waals surface area contributed by atoms with Gasteiger partial charge in [-0.25, -0.2) is 13.4 Å². The number of sulfone groups is 1. The monoisotopic (exact) mass is 319 g/mol. The van der Waals surface area contributed by atoms with Crippen molar-refractivity contribution in [2.75, 3.05) is 18.8 Å². The molecule has 7 heteroatoms. The summed E-state index contributed by atoms with van der Waals surface area (Å²) in [5.41, 5.74) is 1.17. The van der Waals surface area contributed by atoms with Gasteiger partial charge in [-0.2, -0.15) is 0 Å². The van der Waals surface area contributed by atoms with Gasteiger partial charge in [-0.1, -0.05) is 30.3 Å². The Labute approximate surface area is 129 Å². The van der Waals surface area contributed by atoms with Crippen LogP contribution in [-0.4, -0.2) is 48.0 Å². The van der Waals surface area contributed by atoms with Crippen molar-refractivity contribution in [1.29, 1.82) is 0 Å². The van der Waals surface area contributed by atoms with Gasteiger partial charge in [0.15, 0.2) is 9.84 Å². The highest BCUT2D eigenvalue weighted by Crippen LogP contribution is 2.29. The molecular weight excluding hydrogens is 302 g/mol. The average molecular weight is 319 g/mol. The molecule has 1 unspecified atom stereocenters. The molecule has 1 amide bonds. The normalized spacial score (nSPS) is 21.3. The zero-order chi connectivity index (χ0) is 15.6. The Morgan fingerprint density at radius 2 is 2.00 bits per heavy atom. The first-order valence-electron chi connectivity index (χ1n) is 7.12. The van der Waals surface area contributed by atoms with Crippen molar-refractivity contribution in [2.24, 2.45) is 0 Å². The Balaban J connectivity index is 1.82. The van der Waals surface area contributed by atoms with Gasteiger partial charge in [0.05, 0.1) is 23.5 Å². The Morgan fingerprint density at radius 3 is 2.68 bits per heavy atom. The molecule has 2 heterocycles. The third kappa shape index (κ3) is 2.89. The topological polar surface area (TPSA) is 83.1 Å². The van der Waals surface area contributed by atoms with Crippen molar-refractivity contribution >= 4 is 15.7 Å². The highest BCUT2D eigenvalue weighted by atomic mass is 32.2. The van der Waals surface area contributed by atoms with Gasteiger partial charge in [0.25, 0.3) is 5.91 Å². The smallest absolute Gasteiger partial charge is 0.271 e. The van der Waals surface area contributed by atoms with E-state index in [1.807, 2.05) is 30.3 Å². The van der Waals surface area contributed by atoms with E-state index in [1.165, 1.54) is 12.5 Å². The third-order valence-electron chi connectivity index (χ3n) is 3.93.